The van der Waals surface area contributed by atoms with Crippen LogP contribution in [-0.4, -0.2) is 35.8 Å². The normalized spacial score (nSPS) is 18.2. The second-order valence-electron chi connectivity index (χ2n) is 6.30. The highest BCUT2D eigenvalue weighted by Crippen LogP contribution is 2.29. The quantitative estimate of drug-likeness (QED) is 0.713. The monoisotopic (exact) mass is 407 g/mol. The lowest BCUT2D eigenvalue weighted by Crippen LogP contribution is -2.42. The molecule has 8 nitrogen and oxygen atoms in total. The van der Waals surface area contributed by atoms with Gasteiger partial charge in [-0.25, -0.2) is 13.2 Å². The van der Waals surface area contributed by atoms with Crippen LogP contribution in [0.15, 0.2) is 49.1 Å². The fraction of sp³-hybridized carbons (Fsp3) is 0.294. The maximum absolute atomic E-state index is 12.8. The van der Waals surface area contributed by atoms with Crippen LogP contribution in [0.2, 0.25) is 0 Å². The van der Waals surface area contributed by atoms with E-state index in [2.05, 4.69) is 5.32 Å². The van der Waals surface area contributed by atoms with Gasteiger partial charge in [-0.2, -0.15) is 4.31 Å². The lowest BCUT2D eigenvalue weighted by Gasteiger charge is -2.22. The Morgan fingerprint density at radius 3 is 2.89 bits per heavy atom. The van der Waals surface area contributed by atoms with Gasteiger partial charge < -0.3 is 9.73 Å². The van der Waals surface area contributed by atoms with Crippen molar-refractivity contribution in [3.63, 3.8) is 0 Å². The van der Waals surface area contributed by atoms with Gasteiger partial charge in [-0.15, -0.1) is 11.3 Å². The predicted octanol–water partition coefficient (Wildman–Crippen LogP) is 1.98. The topological polar surface area (TPSA) is 102 Å². The standard InChI is InChI=1S/C17H17N3O5S2/c1-19-12-7-6-11(10-14(12)25-17(19)22)18-16(21)13-4-2-8-20(13)27(23,24)15-5-3-9-26-15/h3,5-7,9-10,13H,2,4,8H2,1H3,(H,18,21). The van der Waals surface area contributed by atoms with Crippen molar-refractivity contribution >= 4 is 44.1 Å². The van der Waals surface area contributed by atoms with Gasteiger partial charge in [-0.1, -0.05) is 6.07 Å². The molecule has 1 atom stereocenters. The molecule has 1 N–H and O–H groups in total. The van der Waals surface area contributed by atoms with E-state index in [0.717, 1.165) is 11.3 Å². The molecule has 1 aromatic carbocycles. The van der Waals surface area contributed by atoms with Gasteiger partial charge in [0.2, 0.25) is 5.91 Å². The number of aromatic nitrogens is 1. The molecule has 1 aliphatic heterocycles. The van der Waals surface area contributed by atoms with E-state index in [0.29, 0.717) is 36.2 Å². The predicted molar refractivity (Wildman–Crippen MR) is 101 cm³/mol. The summed E-state index contributed by atoms with van der Waals surface area (Å²) in [5.41, 5.74) is 1.41. The van der Waals surface area contributed by atoms with E-state index in [1.165, 1.54) is 8.87 Å². The first-order valence-corrected chi connectivity index (χ1v) is 10.7. The number of aryl methyl sites for hydroxylation is 1. The number of hydrogen-bond acceptors (Lipinski definition) is 6. The molecule has 1 unspecified atom stereocenters. The van der Waals surface area contributed by atoms with Crippen LogP contribution in [0.1, 0.15) is 12.8 Å². The first-order valence-electron chi connectivity index (χ1n) is 8.34. The maximum atomic E-state index is 12.8. The Balaban J connectivity index is 1.58. The Morgan fingerprint density at radius 1 is 1.33 bits per heavy atom. The Hall–Kier alpha value is -2.43. The molecule has 10 heteroatoms. The highest BCUT2D eigenvalue weighted by atomic mass is 32.2. The number of oxazole rings is 1. The third kappa shape index (κ3) is 3.09. The number of sulfonamides is 1. The summed E-state index contributed by atoms with van der Waals surface area (Å²) >= 11 is 1.13. The lowest BCUT2D eigenvalue weighted by molar-refractivity contribution is -0.119. The Kier molecular flexibility index (Phi) is 4.41. The van der Waals surface area contributed by atoms with E-state index >= 15 is 0 Å². The molecule has 0 spiro atoms. The van der Waals surface area contributed by atoms with Crippen molar-refractivity contribution in [1.82, 2.24) is 8.87 Å². The fourth-order valence-electron chi connectivity index (χ4n) is 3.25. The number of carbonyl (C=O) groups is 1. The summed E-state index contributed by atoms with van der Waals surface area (Å²) in [7, 11) is -2.10. The summed E-state index contributed by atoms with van der Waals surface area (Å²) < 4.78 is 33.5. The molecule has 142 valence electrons. The van der Waals surface area contributed by atoms with Gasteiger partial charge in [-0.3, -0.25) is 9.36 Å². The van der Waals surface area contributed by atoms with Crippen LogP contribution in [0, 0.1) is 0 Å². The highest BCUT2D eigenvalue weighted by molar-refractivity contribution is 7.91. The van der Waals surface area contributed by atoms with Gasteiger partial charge in [0.25, 0.3) is 10.0 Å². The number of amides is 1. The number of thiophene rings is 1. The number of anilines is 1. The number of carbonyl (C=O) groups excluding carboxylic acids is 1. The van der Waals surface area contributed by atoms with Crippen LogP contribution in [-0.2, 0) is 21.9 Å². The van der Waals surface area contributed by atoms with E-state index in [9.17, 15) is 18.0 Å². The van der Waals surface area contributed by atoms with Crippen LogP contribution in [0.4, 0.5) is 5.69 Å². The van der Waals surface area contributed by atoms with Crippen molar-refractivity contribution in [2.24, 2.45) is 7.05 Å². The van der Waals surface area contributed by atoms with Gasteiger partial charge in [0.05, 0.1) is 5.52 Å². The summed E-state index contributed by atoms with van der Waals surface area (Å²) in [6.45, 7) is 0.310. The first kappa shape index (κ1) is 18.0. The molecule has 2 aromatic heterocycles. The van der Waals surface area contributed by atoms with Crippen LogP contribution >= 0.6 is 11.3 Å². The Labute approximate surface area is 159 Å². The van der Waals surface area contributed by atoms with E-state index in [4.69, 9.17) is 4.42 Å². The molecule has 1 saturated heterocycles. The minimum Gasteiger partial charge on any atom is -0.408 e. The van der Waals surface area contributed by atoms with Crippen molar-refractivity contribution in [1.29, 1.82) is 0 Å². The third-order valence-corrected chi connectivity index (χ3v) is 7.91. The second-order valence-corrected chi connectivity index (χ2v) is 9.37. The smallest absolute Gasteiger partial charge is 0.408 e. The molecule has 0 aliphatic carbocycles. The van der Waals surface area contributed by atoms with Crippen LogP contribution in [0.25, 0.3) is 11.1 Å². The van der Waals surface area contributed by atoms with Crippen molar-refractivity contribution in [2.45, 2.75) is 23.1 Å². The second kappa shape index (κ2) is 6.63. The number of rotatable bonds is 4. The molecule has 3 heterocycles. The number of hydrogen-bond donors (Lipinski definition) is 1. The average Bonchev–Trinajstić information content (AvgIpc) is 3.36. The summed E-state index contributed by atoms with van der Waals surface area (Å²) in [6, 6.07) is 7.33. The van der Waals surface area contributed by atoms with Crippen molar-refractivity contribution in [3.05, 3.63) is 46.3 Å². The molecule has 1 amide bonds. The molecule has 3 aromatic rings. The summed E-state index contributed by atoms with van der Waals surface area (Å²) in [6.07, 6.45) is 1.08. The fourth-order valence-corrected chi connectivity index (χ4v) is 6.03. The molecule has 0 saturated carbocycles. The minimum atomic E-state index is -3.69. The summed E-state index contributed by atoms with van der Waals surface area (Å²) in [5, 5.41) is 4.43. The third-order valence-electron chi connectivity index (χ3n) is 4.62. The Bertz CT molecular complexity index is 1160. The maximum Gasteiger partial charge on any atom is 0.419 e. The zero-order chi connectivity index (χ0) is 19.2. The number of nitrogens with zero attached hydrogens (tertiary/aromatic N) is 2. The number of benzene rings is 1. The molecule has 4 rings (SSSR count). The van der Waals surface area contributed by atoms with Crippen molar-refractivity contribution in [2.75, 3.05) is 11.9 Å². The Morgan fingerprint density at radius 2 is 2.15 bits per heavy atom. The van der Waals surface area contributed by atoms with Crippen LogP contribution in [0.3, 0.4) is 0 Å². The molecule has 0 radical (unpaired) electrons. The van der Waals surface area contributed by atoms with E-state index < -0.39 is 27.7 Å². The zero-order valence-corrected chi connectivity index (χ0v) is 16.0. The zero-order valence-electron chi connectivity index (χ0n) is 14.4. The SMILES string of the molecule is Cn1c(=O)oc2cc(NC(=O)C3CCCN3S(=O)(=O)c3cccs3)ccc21. The van der Waals surface area contributed by atoms with E-state index in [1.54, 1.807) is 42.8 Å². The van der Waals surface area contributed by atoms with Crippen molar-refractivity contribution < 1.29 is 17.6 Å². The highest BCUT2D eigenvalue weighted by Gasteiger charge is 2.39. The van der Waals surface area contributed by atoms with Gasteiger partial charge in [0.1, 0.15) is 10.3 Å². The van der Waals surface area contributed by atoms with Gasteiger partial charge >= 0.3 is 5.76 Å². The number of nitrogens with one attached hydrogen (secondary N) is 1. The molecular weight excluding hydrogens is 390 g/mol. The molecular formula is C17H17N3O5S2. The average molecular weight is 407 g/mol. The molecule has 1 fully saturated rings. The van der Waals surface area contributed by atoms with Gasteiger partial charge in [0.15, 0.2) is 5.58 Å². The van der Waals surface area contributed by atoms with Gasteiger partial charge in [-0.05, 0) is 36.4 Å². The van der Waals surface area contributed by atoms with Gasteiger partial charge in [0, 0.05) is 25.3 Å². The van der Waals surface area contributed by atoms with Crippen molar-refractivity contribution in [3.8, 4) is 0 Å². The summed E-state index contributed by atoms with van der Waals surface area (Å²) in [5.74, 6) is -0.886. The van der Waals surface area contributed by atoms with Crippen LogP contribution < -0.4 is 11.1 Å². The van der Waals surface area contributed by atoms with E-state index in [1.807, 2.05) is 0 Å². The lowest BCUT2D eigenvalue weighted by atomic mass is 10.2. The van der Waals surface area contributed by atoms with E-state index in [-0.39, 0.29) is 4.21 Å². The molecule has 27 heavy (non-hydrogen) atoms. The summed E-state index contributed by atoms with van der Waals surface area (Å²) in [4.78, 5) is 24.3. The largest absolute Gasteiger partial charge is 0.419 e. The minimum absolute atomic E-state index is 0.231. The number of fused-ring (bicyclic) bond motifs is 1. The molecule has 1 aliphatic rings. The van der Waals surface area contributed by atoms with Crippen LogP contribution in [0.5, 0.6) is 0 Å². The molecule has 0 bridgehead atoms. The first-order chi connectivity index (χ1) is 12.9.